The number of hydrogen-bond donors (Lipinski definition) is 6. The number of rotatable bonds is 8. The average Bonchev–Trinajstić information content (AvgIpc) is 3.47. The lowest BCUT2D eigenvalue weighted by atomic mass is 10.1. The van der Waals surface area contributed by atoms with Crippen molar-refractivity contribution in [1.82, 2.24) is 29.7 Å². The quantitative estimate of drug-likeness (QED) is 0.254. The number of anilines is 1. The topological polar surface area (TPSA) is 198 Å². The fourth-order valence-corrected chi connectivity index (χ4v) is 4.20. The van der Waals surface area contributed by atoms with E-state index < -0.39 is 36.6 Å². The number of aliphatic carboxylic acids is 1. The number of carboxylic acids is 1. The highest BCUT2D eigenvalue weighted by Crippen LogP contribution is 2.32. The van der Waals surface area contributed by atoms with Crippen molar-refractivity contribution in [3.63, 3.8) is 0 Å². The van der Waals surface area contributed by atoms with Crippen LogP contribution in [0.15, 0.2) is 12.7 Å². The zero-order chi connectivity index (χ0) is 22.1. The van der Waals surface area contributed by atoms with E-state index in [0.717, 1.165) is 19.5 Å². The van der Waals surface area contributed by atoms with E-state index in [4.69, 9.17) is 21.3 Å². The van der Waals surface area contributed by atoms with E-state index in [-0.39, 0.29) is 18.3 Å². The molecule has 2 fully saturated rings. The Morgan fingerprint density at radius 2 is 2.16 bits per heavy atom. The zero-order valence-electron chi connectivity index (χ0n) is 16.9. The van der Waals surface area contributed by atoms with Crippen LogP contribution < -0.4 is 16.8 Å². The molecule has 8 N–H and O–H groups in total. The van der Waals surface area contributed by atoms with Crippen LogP contribution in [-0.4, -0.2) is 102 Å². The molecule has 0 spiro atoms. The van der Waals surface area contributed by atoms with Gasteiger partial charge in [-0.05, 0) is 19.4 Å². The Morgan fingerprint density at radius 3 is 2.87 bits per heavy atom. The summed E-state index contributed by atoms with van der Waals surface area (Å²) < 4.78 is 7.57. The first kappa shape index (κ1) is 21.8. The molecule has 2 aliphatic heterocycles. The SMILES string of the molecule is Nc1ncnc2c1ncn2[C@@H]1O[C@H](CN(CC[C@H](N)C(=O)O)C2CCNC2)[C@@H](O)[C@H]1O. The molecule has 13 heteroatoms. The fourth-order valence-electron chi connectivity index (χ4n) is 4.20. The maximum absolute atomic E-state index is 11.1. The van der Waals surface area contributed by atoms with Gasteiger partial charge in [0, 0.05) is 25.7 Å². The first-order valence-electron chi connectivity index (χ1n) is 10.2. The van der Waals surface area contributed by atoms with Crippen molar-refractivity contribution in [2.45, 2.75) is 49.5 Å². The summed E-state index contributed by atoms with van der Waals surface area (Å²) in [5.41, 5.74) is 12.3. The highest BCUT2D eigenvalue weighted by atomic mass is 16.6. The smallest absolute Gasteiger partial charge is 0.320 e. The molecule has 0 aliphatic carbocycles. The van der Waals surface area contributed by atoms with Crippen molar-refractivity contribution in [3.8, 4) is 0 Å². The normalized spacial score (nSPS) is 29.7. The van der Waals surface area contributed by atoms with Crippen LogP contribution in [0.1, 0.15) is 19.1 Å². The zero-order valence-corrected chi connectivity index (χ0v) is 16.9. The van der Waals surface area contributed by atoms with E-state index in [9.17, 15) is 15.0 Å². The van der Waals surface area contributed by atoms with Gasteiger partial charge in [0.05, 0.1) is 6.33 Å². The van der Waals surface area contributed by atoms with E-state index >= 15 is 0 Å². The first-order valence-corrected chi connectivity index (χ1v) is 10.2. The third kappa shape index (κ3) is 4.33. The standard InChI is InChI=1S/C18H28N8O5/c19-10(18(29)30)2-4-25(9-1-3-21-5-9)6-11-13(27)14(28)17(31-11)26-8-24-12-15(20)22-7-23-16(12)26/h7-11,13-14,17,21,27-28H,1-6,19H2,(H,29,30)(H2,20,22,23)/t9?,10-,11+,13+,14+,17+/m0/s1. The minimum atomic E-state index is -1.21. The number of imidazole rings is 1. The molecule has 2 aromatic rings. The molecule has 0 bridgehead atoms. The number of fused-ring (bicyclic) bond motifs is 1. The Balaban J connectivity index is 1.50. The highest BCUT2D eigenvalue weighted by Gasteiger charge is 2.45. The summed E-state index contributed by atoms with van der Waals surface area (Å²) in [5.74, 6) is -0.839. The van der Waals surface area contributed by atoms with Gasteiger partial charge in [0.1, 0.15) is 36.2 Å². The number of carbonyl (C=O) groups is 1. The number of nitrogens with zero attached hydrogens (tertiary/aromatic N) is 5. The Morgan fingerprint density at radius 1 is 1.35 bits per heavy atom. The molecule has 170 valence electrons. The Labute approximate surface area is 178 Å². The summed E-state index contributed by atoms with van der Waals surface area (Å²) in [5, 5.41) is 33.7. The van der Waals surface area contributed by atoms with Crippen LogP contribution in [0.4, 0.5) is 5.82 Å². The van der Waals surface area contributed by atoms with Crippen molar-refractivity contribution in [2.24, 2.45) is 5.73 Å². The third-order valence-electron chi connectivity index (χ3n) is 6.01. The number of ether oxygens (including phenoxy) is 1. The summed E-state index contributed by atoms with van der Waals surface area (Å²) in [7, 11) is 0. The molecule has 4 heterocycles. The number of nitrogens with two attached hydrogens (primary N) is 2. The maximum Gasteiger partial charge on any atom is 0.320 e. The van der Waals surface area contributed by atoms with Crippen LogP contribution in [0.25, 0.3) is 11.2 Å². The van der Waals surface area contributed by atoms with Gasteiger partial charge in [0.25, 0.3) is 0 Å². The van der Waals surface area contributed by atoms with Crippen LogP contribution in [0, 0.1) is 0 Å². The lowest BCUT2D eigenvalue weighted by Crippen LogP contribution is -2.47. The van der Waals surface area contributed by atoms with Crippen molar-refractivity contribution >= 4 is 23.0 Å². The van der Waals surface area contributed by atoms with Crippen LogP contribution in [0.2, 0.25) is 0 Å². The molecule has 0 aromatic carbocycles. The van der Waals surface area contributed by atoms with Crippen molar-refractivity contribution < 1.29 is 24.9 Å². The lowest BCUT2D eigenvalue weighted by molar-refractivity contribution is -0.138. The van der Waals surface area contributed by atoms with Crippen LogP contribution in [0.3, 0.4) is 0 Å². The summed E-state index contributed by atoms with van der Waals surface area (Å²) >= 11 is 0. The number of nitrogen functional groups attached to an aromatic ring is 1. The predicted octanol–water partition coefficient (Wildman–Crippen LogP) is -2.51. The highest BCUT2D eigenvalue weighted by molar-refractivity contribution is 5.81. The van der Waals surface area contributed by atoms with Gasteiger partial charge in [-0.15, -0.1) is 0 Å². The molecule has 0 radical (unpaired) electrons. The maximum atomic E-state index is 11.1. The second-order valence-electron chi connectivity index (χ2n) is 8.00. The summed E-state index contributed by atoms with van der Waals surface area (Å²) in [6.07, 6.45) is -0.0467. The number of nitrogens with one attached hydrogen (secondary N) is 1. The molecule has 6 atom stereocenters. The molecule has 0 saturated carbocycles. The second kappa shape index (κ2) is 8.98. The Bertz CT molecular complexity index is 919. The van der Waals surface area contributed by atoms with Crippen molar-refractivity contribution in [3.05, 3.63) is 12.7 Å². The van der Waals surface area contributed by atoms with Crippen LogP contribution >= 0.6 is 0 Å². The van der Waals surface area contributed by atoms with Gasteiger partial charge in [0.15, 0.2) is 17.7 Å². The van der Waals surface area contributed by atoms with Crippen molar-refractivity contribution in [1.29, 1.82) is 0 Å². The summed E-state index contributed by atoms with van der Waals surface area (Å²) in [4.78, 5) is 25.4. The number of carboxylic acid groups (broad SMARTS) is 1. The molecule has 1 unspecified atom stereocenters. The molecular formula is C18H28N8O5. The van der Waals surface area contributed by atoms with Gasteiger partial charge >= 0.3 is 5.97 Å². The fraction of sp³-hybridized carbons (Fsp3) is 0.667. The largest absolute Gasteiger partial charge is 0.480 e. The predicted molar refractivity (Wildman–Crippen MR) is 109 cm³/mol. The Hall–Kier alpha value is -2.42. The number of hydrogen-bond acceptors (Lipinski definition) is 11. The van der Waals surface area contributed by atoms with E-state index in [1.165, 1.54) is 17.2 Å². The lowest BCUT2D eigenvalue weighted by Gasteiger charge is -2.31. The molecule has 13 nitrogen and oxygen atoms in total. The van der Waals surface area contributed by atoms with E-state index in [1.54, 1.807) is 0 Å². The molecular weight excluding hydrogens is 408 g/mol. The number of aliphatic hydroxyl groups is 2. The van der Waals surface area contributed by atoms with Crippen LogP contribution in [-0.2, 0) is 9.53 Å². The average molecular weight is 436 g/mol. The summed E-state index contributed by atoms with van der Waals surface area (Å²) in [6, 6.07) is -0.804. The molecule has 0 amide bonds. The second-order valence-corrected chi connectivity index (χ2v) is 8.00. The number of aliphatic hydroxyl groups excluding tert-OH is 2. The minimum Gasteiger partial charge on any atom is -0.480 e. The first-order chi connectivity index (χ1) is 14.9. The minimum absolute atomic E-state index is 0.162. The van der Waals surface area contributed by atoms with Gasteiger partial charge < -0.3 is 36.8 Å². The number of aromatic nitrogens is 4. The monoisotopic (exact) mass is 436 g/mol. The van der Waals surface area contributed by atoms with E-state index in [2.05, 4.69) is 25.2 Å². The van der Waals surface area contributed by atoms with E-state index in [0.29, 0.717) is 24.3 Å². The van der Waals surface area contributed by atoms with Crippen LogP contribution in [0.5, 0.6) is 0 Å². The van der Waals surface area contributed by atoms with Gasteiger partial charge in [-0.25, -0.2) is 15.0 Å². The van der Waals surface area contributed by atoms with E-state index in [1.807, 2.05) is 0 Å². The van der Waals surface area contributed by atoms with Gasteiger partial charge in [-0.2, -0.15) is 0 Å². The molecule has 2 aromatic heterocycles. The molecule has 4 rings (SSSR count). The van der Waals surface area contributed by atoms with Gasteiger partial charge in [-0.3, -0.25) is 14.3 Å². The van der Waals surface area contributed by atoms with Gasteiger partial charge in [0.2, 0.25) is 0 Å². The third-order valence-corrected chi connectivity index (χ3v) is 6.01. The van der Waals surface area contributed by atoms with Gasteiger partial charge in [-0.1, -0.05) is 0 Å². The molecule has 2 aliphatic rings. The summed E-state index contributed by atoms with van der Waals surface area (Å²) in [6.45, 7) is 2.36. The molecule has 2 saturated heterocycles. The Kier molecular flexibility index (Phi) is 6.31. The van der Waals surface area contributed by atoms with Crippen molar-refractivity contribution in [2.75, 3.05) is 31.9 Å². The molecule has 31 heavy (non-hydrogen) atoms.